The first-order chi connectivity index (χ1) is 10.1. The maximum absolute atomic E-state index is 11.9. The number of hydrogen-bond acceptors (Lipinski definition) is 6. The van der Waals surface area contributed by atoms with Gasteiger partial charge in [0.25, 0.3) is 5.91 Å². The molecule has 2 amide bonds. The summed E-state index contributed by atoms with van der Waals surface area (Å²) in [6.07, 6.45) is 0. The van der Waals surface area contributed by atoms with E-state index in [1.54, 1.807) is 7.05 Å². The number of thioether (sulfide) groups is 1. The second kappa shape index (κ2) is 7.09. The number of amides is 2. The van der Waals surface area contributed by atoms with Crippen molar-refractivity contribution in [2.45, 2.75) is 4.90 Å². The number of anilines is 2. The van der Waals surface area contributed by atoms with Crippen molar-refractivity contribution in [3.63, 3.8) is 0 Å². The smallest absolute Gasteiger partial charge is 0.270 e. The van der Waals surface area contributed by atoms with Crippen molar-refractivity contribution < 1.29 is 9.59 Å². The van der Waals surface area contributed by atoms with Crippen molar-refractivity contribution in [1.82, 2.24) is 4.98 Å². The average Bonchev–Trinajstić information content (AvgIpc) is 2.89. The van der Waals surface area contributed by atoms with Crippen LogP contribution in [0.4, 0.5) is 10.1 Å². The molecule has 1 aromatic heterocycles. The maximum atomic E-state index is 11.9. The van der Waals surface area contributed by atoms with Gasteiger partial charge in [0, 0.05) is 11.9 Å². The predicted octanol–water partition coefficient (Wildman–Crippen LogP) is 2.01. The Hall–Kier alpha value is -2.06. The first-order valence-electron chi connectivity index (χ1n) is 6.06. The van der Waals surface area contributed by atoms with E-state index in [2.05, 4.69) is 15.6 Å². The Balaban J connectivity index is 1.99. The molecule has 4 N–H and O–H groups in total. The van der Waals surface area contributed by atoms with Gasteiger partial charge >= 0.3 is 0 Å². The minimum atomic E-state index is -0.668. The molecule has 110 valence electrons. The Morgan fingerprint density at radius 2 is 2.05 bits per heavy atom. The number of nitrogens with one attached hydrogen (secondary N) is 2. The molecule has 2 aromatic rings. The van der Waals surface area contributed by atoms with Crippen LogP contribution in [-0.4, -0.2) is 29.6 Å². The van der Waals surface area contributed by atoms with Crippen molar-refractivity contribution in [3.8, 4) is 0 Å². The van der Waals surface area contributed by atoms with Crippen molar-refractivity contribution in [2.24, 2.45) is 5.73 Å². The summed E-state index contributed by atoms with van der Waals surface area (Å²) in [5, 5.41) is 6.38. The van der Waals surface area contributed by atoms with E-state index in [4.69, 9.17) is 5.73 Å². The molecule has 0 aliphatic carbocycles. The van der Waals surface area contributed by atoms with Crippen LogP contribution >= 0.6 is 23.1 Å². The summed E-state index contributed by atoms with van der Waals surface area (Å²) in [5.74, 6) is -0.633. The zero-order valence-corrected chi connectivity index (χ0v) is 12.9. The van der Waals surface area contributed by atoms with Crippen molar-refractivity contribution in [3.05, 3.63) is 36.0 Å². The van der Waals surface area contributed by atoms with Gasteiger partial charge in [-0.05, 0) is 12.1 Å². The molecule has 0 unspecified atom stereocenters. The number of primary amides is 1. The Morgan fingerprint density at radius 1 is 1.33 bits per heavy atom. The van der Waals surface area contributed by atoms with Crippen LogP contribution in [0.2, 0.25) is 0 Å². The van der Waals surface area contributed by atoms with E-state index < -0.39 is 5.91 Å². The second-order valence-electron chi connectivity index (χ2n) is 3.96. The van der Waals surface area contributed by atoms with E-state index >= 15 is 0 Å². The molecule has 0 saturated heterocycles. The van der Waals surface area contributed by atoms with Gasteiger partial charge in [0.2, 0.25) is 5.91 Å². The number of carbonyl (C=O) groups excluding carboxylic acids is 2. The van der Waals surface area contributed by atoms with Crippen molar-refractivity contribution in [1.29, 1.82) is 0 Å². The van der Waals surface area contributed by atoms with Gasteiger partial charge in [-0.25, -0.2) is 4.98 Å². The SMILES string of the molecule is CNc1nc(C(N)=O)c(NC(=O)CSc2ccccc2)s1. The normalized spacial score (nSPS) is 10.1. The molecule has 0 bridgehead atoms. The fourth-order valence-corrected chi connectivity index (χ4v) is 3.07. The lowest BCUT2D eigenvalue weighted by atomic mass is 10.4. The number of nitrogens with zero attached hydrogens (tertiary/aromatic N) is 1. The molecular weight excluding hydrogens is 308 g/mol. The van der Waals surface area contributed by atoms with Gasteiger partial charge in [-0.2, -0.15) is 0 Å². The summed E-state index contributed by atoms with van der Waals surface area (Å²) in [6, 6.07) is 9.60. The Morgan fingerprint density at radius 3 is 2.67 bits per heavy atom. The molecule has 0 spiro atoms. The fourth-order valence-electron chi connectivity index (χ4n) is 1.51. The van der Waals surface area contributed by atoms with Crippen LogP contribution in [0.15, 0.2) is 35.2 Å². The molecule has 0 fully saturated rings. The molecule has 8 heteroatoms. The lowest BCUT2D eigenvalue weighted by molar-refractivity contribution is -0.113. The molecule has 6 nitrogen and oxygen atoms in total. The third-order valence-electron chi connectivity index (χ3n) is 2.44. The van der Waals surface area contributed by atoms with Gasteiger partial charge in [-0.15, -0.1) is 11.8 Å². The van der Waals surface area contributed by atoms with Crippen LogP contribution in [0.5, 0.6) is 0 Å². The standard InChI is InChI=1S/C13H14N4O2S2/c1-15-13-17-10(11(14)19)12(21-13)16-9(18)7-20-8-5-3-2-4-6-8/h2-6H,7H2,1H3,(H2,14,19)(H,15,17)(H,16,18). The predicted molar refractivity (Wildman–Crippen MR) is 86.0 cm³/mol. The van der Waals surface area contributed by atoms with E-state index in [1.807, 2.05) is 30.3 Å². The number of nitrogens with two attached hydrogens (primary N) is 1. The summed E-state index contributed by atoms with van der Waals surface area (Å²) in [7, 11) is 1.68. The molecule has 21 heavy (non-hydrogen) atoms. The minimum Gasteiger partial charge on any atom is -0.365 e. The largest absolute Gasteiger partial charge is 0.365 e. The second-order valence-corrected chi connectivity index (χ2v) is 6.01. The summed E-state index contributed by atoms with van der Waals surface area (Å²) in [5.41, 5.74) is 5.32. The molecule has 0 aliphatic rings. The van der Waals surface area contributed by atoms with E-state index in [0.717, 1.165) is 4.90 Å². The maximum Gasteiger partial charge on any atom is 0.270 e. The number of rotatable bonds is 6. The summed E-state index contributed by atoms with van der Waals surface area (Å²) in [6.45, 7) is 0. The molecule has 0 saturated carbocycles. The van der Waals surface area contributed by atoms with Crippen LogP contribution in [0.1, 0.15) is 10.5 Å². The minimum absolute atomic E-state index is 0.0717. The first-order valence-corrected chi connectivity index (χ1v) is 7.86. The molecule has 1 aromatic carbocycles. The number of carbonyl (C=O) groups is 2. The third-order valence-corrected chi connectivity index (χ3v) is 4.44. The highest BCUT2D eigenvalue weighted by molar-refractivity contribution is 8.00. The van der Waals surface area contributed by atoms with E-state index in [0.29, 0.717) is 10.1 Å². The quantitative estimate of drug-likeness (QED) is 0.707. The first kappa shape index (κ1) is 15.3. The molecular formula is C13H14N4O2S2. The van der Waals surface area contributed by atoms with Gasteiger partial charge in [0.15, 0.2) is 10.8 Å². The monoisotopic (exact) mass is 322 g/mol. The van der Waals surface area contributed by atoms with Crippen LogP contribution in [0.3, 0.4) is 0 Å². The zero-order valence-electron chi connectivity index (χ0n) is 11.3. The zero-order chi connectivity index (χ0) is 15.2. The Labute approximate surface area is 130 Å². The van der Waals surface area contributed by atoms with Gasteiger partial charge in [0.1, 0.15) is 5.00 Å². The highest BCUT2D eigenvalue weighted by atomic mass is 32.2. The summed E-state index contributed by atoms with van der Waals surface area (Å²) < 4.78 is 0. The van der Waals surface area contributed by atoms with Gasteiger partial charge in [-0.3, -0.25) is 9.59 Å². The Bertz CT molecular complexity index is 643. The number of benzene rings is 1. The lowest BCUT2D eigenvalue weighted by Crippen LogP contribution is -2.18. The van der Waals surface area contributed by atoms with Crippen LogP contribution < -0.4 is 16.4 Å². The molecule has 2 rings (SSSR count). The van der Waals surface area contributed by atoms with Crippen LogP contribution in [-0.2, 0) is 4.79 Å². The summed E-state index contributed by atoms with van der Waals surface area (Å²) in [4.78, 5) is 28.2. The van der Waals surface area contributed by atoms with Gasteiger partial charge in [0.05, 0.1) is 5.75 Å². The number of hydrogen-bond donors (Lipinski definition) is 3. The van der Waals surface area contributed by atoms with Gasteiger partial charge in [-0.1, -0.05) is 29.5 Å². The highest BCUT2D eigenvalue weighted by Gasteiger charge is 2.17. The van der Waals surface area contributed by atoms with E-state index in [1.165, 1.54) is 23.1 Å². The van der Waals surface area contributed by atoms with E-state index in [9.17, 15) is 9.59 Å². The third kappa shape index (κ3) is 4.20. The van der Waals surface area contributed by atoms with Crippen molar-refractivity contribution in [2.75, 3.05) is 23.4 Å². The average molecular weight is 322 g/mol. The summed E-state index contributed by atoms with van der Waals surface area (Å²) >= 11 is 2.59. The van der Waals surface area contributed by atoms with Crippen LogP contribution in [0.25, 0.3) is 0 Å². The van der Waals surface area contributed by atoms with Crippen molar-refractivity contribution >= 4 is 45.0 Å². The van der Waals surface area contributed by atoms with Crippen LogP contribution in [0, 0.1) is 0 Å². The lowest BCUT2D eigenvalue weighted by Gasteiger charge is -2.03. The molecule has 1 heterocycles. The fraction of sp³-hybridized carbons (Fsp3) is 0.154. The molecule has 0 radical (unpaired) electrons. The number of aromatic nitrogens is 1. The number of thiazole rings is 1. The topological polar surface area (TPSA) is 97.1 Å². The molecule has 0 aliphatic heterocycles. The highest BCUT2D eigenvalue weighted by Crippen LogP contribution is 2.28. The van der Waals surface area contributed by atoms with E-state index in [-0.39, 0.29) is 17.4 Å². The molecule has 0 atom stereocenters. The van der Waals surface area contributed by atoms with Gasteiger partial charge < -0.3 is 16.4 Å². The Kier molecular flexibility index (Phi) is 5.18.